The number of hydrogen-bond donors (Lipinski definition) is 0. The zero-order valence-electron chi connectivity index (χ0n) is 18.0. The molecular formula is C26H24N2O3. The normalized spacial score (nSPS) is 14.7. The summed E-state index contributed by atoms with van der Waals surface area (Å²) in [6, 6.07) is 21.3. The Morgan fingerprint density at radius 1 is 0.871 bits per heavy atom. The van der Waals surface area contributed by atoms with Gasteiger partial charge in [0.2, 0.25) is 0 Å². The van der Waals surface area contributed by atoms with Crippen LogP contribution in [0.4, 0.5) is 5.69 Å². The van der Waals surface area contributed by atoms with Crippen LogP contribution in [0.3, 0.4) is 0 Å². The Hall–Kier alpha value is -3.86. The van der Waals surface area contributed by atoms with Crippen LogP contribution in [-0.4, -0.2) is 26.0 Å². The first kappa shape index (κ1) is 20.4. The van der Waals surface area contributed by atoms with Crippen LogP contribution in [-0.2, 0) is 4.79 Å². The molecule has 0 spiro atoms. The summed E-state index contributed by atoms with van der Waals surface area (Å²) in [4.78, 5) is 19.9. The van der Waals surface area contributed by atoms with Crippen molar-refractivity contribution in [3.05, 3.63) is 94.7 Å². The maximum atomic E-state index is 13.5. The summed E-state index contributed by atoms with van der Waals surface area (Å²) in [5.41, 5.74) is 4.95. The third-order valence-electron chi connectivity index (χ3n) is 5.13. The molecule has 1 aliphatic rings. The first-order valence-electron chi connectivity index (χ1n) is 10.0. The van der Waals surface area contributed by atoms with Crippen LogP contribution < -0.4 is 14.4 Å². The molecule has 4 rings (SSSR count). The smallest absolute Gasteiger partial charge is 0.282 e. The summed E-state index contributed by atoms with van der Waals surface area (Å²) in [5, 5.41) is 0. The van der Waals surface area contributed by atoms with Crippen molar-refractivity contribution < 1.29 is 14.3 Å². The highest BCUT2D eigenvalue weighted by Gasteiger charge is 2.32. The second-order valence-electron chi connectivity index (χ2n) is 7.42. The largest absolute Gasteiger partial charge is 0.497 e. The van der Waals surface area contributed by atoms with Crippen LogP contribution in [0.5, 0.6) is 11.5 Å². The summed E-state index contributed by atoms with van der Waals surface area (Å²) in [6.07, 6.45) is 1.76. The van der Waals surface area contributed by atoms with Crippen molar-refractivity contribution in [2.45, 2.75) is 13.8 Å². The number of anilines is 1. The molecule has 5 nitrogen and oxygen atoms in total. The summed E-state index contributed by atoms with van der Waals surface area (Å²) >= 11 is 0. The van der Waals surface area contributed by atoms with Crippen LogP contribution in [0, 0.1) is 13.8 Å². The van der Waals surface area contributed by atoms with Gasteiger partial charge in [-0.1, -0.05) is 35.9 Å². The van der Waals surface area contributed by atoms with E-state index in [0.29, 0.717) is 23.0 Å². The van der Waals surface area contributed by atoms with Crippen LogP contribution >= 0.6 is 0 Å². The minimum absolute atomic E-state index is 0.181. The van der Waals surface area contributed by atoms with Crippen LogP contribution in [0.2, 0.25) is 0 Å². The Morgan fingerprint density at radius 3 is 2.29 bits per heavy atom. The molecule has 1 heterocycles. The summed E-state index contributed by atoms with van der Waals surface area (Å²) in [7, 11) is 3.19. The molecule has 156 valence electrons. The Bertz CT molecular complexity index is 1210. The van der Waals surface area contributed by atoms with E-state index >= 15 is 0 Å². The fourth-order valence-electron chi connectivity index (χ4n) is 3.59. The molecule has 0 N–H and O–H groups in total. The first-order valence-corrected chi connectivity index (χ1v) is 10.0. The van der Waals surface area contributed by atoms with Crippen molar-refractivity contribution >= 4 is 23.5 Å². The summed E-state index contributed by atoms with van der Waals surface area (Å²) in [5.74, 6) is 1.72. The molecule has 0 aliphatic carbocycles. The van der Waals surface area contributed by atoms with E-state index in [2.05, 4.69) is 0 Å². The van der Waals surface area contributed by atoms with Crippen molar-refractivity contribution in [3.63, 3.8) is 0 Å². The van der Waals surface area contributed by atoms with E-state index in [9.17, 15) is 4.79 Å². The highest BCUT2D eigenvalue weighted by Crippen LogP contribution is 2.31. The molecule has 0 bridgehead atoms. The zero-order chi connectivity index (χ0) is 22.0. The number of methoxy groups -OCH3 is 2. The van der Waals surface area contributed by atoms with Gasteiger partial charge in [0.15, 0.2) is 0 Å². The van der Waals surface area contributed by atoms with Gasteiger partial charge in [0, 0.05) is 17.2 Å². The van der Waals surface area contributed by atoms with Gasteiger partial charge in [-0.25, -0.2) is 4.99 Å². The minimum Gasteiger partial charge on any atom is -0.497 e. The standard InChI is InChI=1S/C26H24N2O3/c1-17-7-5-9-20(13-17)25-27-23(15-19-11-12-22(30-3)16-24(19)31-4)26(29)28(25)21-10-6-8-18(2)14-21/h5-16H,1-4H3/b23-15+. The Labute approximate surface area is 182 Å². The molecule has 0 radical (unpaired) electrons. The number of benzene rings is 3. The predicted molar refractivity (Wildman–Crippen MR) is 124 cm³/mol. The Kier molecular flexibility index (Phi) is 5.58. The molecule has 31 heavy (non-hydrogen) atoms. The zero-order valence-corrected chi connectivity index (χ0v) is 18.0. The average molecular weight is 412 g/mol. The number of aryl methyl sites for hydroxylation is 2. The number of amides is 1. The van der Waals surface area contributed by atoms with E-state index in [1.165, 1.54) is 0 Å². The molecule has 0 saturated carbocycles. The van der Waals surface area contributed by atoms with Crippen LogP contribution in [0.1, 0.15) is 22.3 Å². The summed E-state index contributed by atoms with van der Waals surface area (Å²) in [6.45, 7) is 4.03. The summed E-state index contributed by atoms with van der Waals surface area (Å²) < 4.78 is 10.8. The molecule has 0 fully saturated rings. The maximum Gasteiger partial charge on any atom is 0.282 e. The molecule has 5 heteroatoms. The fourth-order valence-corrected chi connectivity index (χ4v) is 3.59. The van der Waals surface area contributed by atoms with E-state index in [-0.39, 0.29) is 5.91 Å². The van der Waals surface area contributed by atoms with Crippen molar-refractivity contribution in [1.82, 2.24) is 0 Å². The van der Waals surface area contributed by atoms with Crippen molar-refractivity contribution in [2.24, 2.45) is 4.99 Å². The van der Waals surface area contributed by atoms with Gasteiger partial charge in [-0.05, 0) is 55.8 Å². The van der Waals surface area contributed by atoms with Gasteiger partial charge in [0.25, 0.3) is 5.91 Å². The molecule has 3 aromatic rings. The van der Waals surface area contributed by atoms with E-state index in [1.807, 2.05) is 74.5 Å². The van der Waals surface area contributed by atoms with Crippen molar-refractivity contribution in [2.75, 3.05) is 19.1 Å². The quantitative estimate of drug-likeness (QED) is 0.544. The molecule has 0 aromatic heterocycles. The number of hydrogen-bond acceptors (Lipinski definition) is 4. The third-order valence-corrected chi connectivity index (χ3v) is 5.13. The highest BCUT2D eigenvalue weighted by atomic mass is 16.5. The van der Waals surface area contributed by atoms with Gasteiger partial charge >= 0.3 is 0 Å². The lowest BCUT2D eigenvalue weighted by Crippen LogP contribution is -2.32. The van der Waals surface area contributed by atoms with E-state index in [4.69, 9.17) is 14.5 Å². The number of amidine groups is 1. The third kappa shape index (κ3) is 4.08. The Balaban J connectivity index is 1.85. The highest BCUT2D eigenvalue weighted by molar-refractivity contribution is 6.33. The minimum atomic E-state index is -0.181. The molecule has 0 unspecified atom stereocenters. The van der Waals surface area contributed by atoms with Gasteiger partial charge < -0.3 is 9.47 Å². The molecule has 0 saturated heterocycles. The van der Waals surface area contributed by atoms with Gasteiger partial charge in [-0.3, -0.25) is 9.69 Å². The van der Waals surface area contributed by atoms with E-state index < -0.39 is 0 Å². The van der Waals surface area contributed by atoms with Crippen LogP contribution in [0.15, 0.2) is 77.4 Å². The number of carbonyl (C=O) groups excluding carboxylic acids is 1. The van der Waals surface area contributed by atoms with Gasteiger partial charge in [0.1, 0.15) is 23.0 Å². The number of rotatable bonds is 5. The maximum absolute atomic E-state index is 13.5. The molecular weight excluding hydrogens is 388 g/mol. The van der Waals surface area contributed by atoms with Gasteiger partial charge in [-0.2, -0.15) is 0 Å². The SMILES string of the molecule is COc1ccc(/C=C2/N=C(c3cccc(C)c3)N(c3cccc(C)c3)C2=O)c(OC)c1. The monoisotopic (exact) mass is 412 g/mol. The van der Waals surface area contributed by atoms with Crippen LogP contribution in [0.25, 0.3) is 6.08 Å². The van der Waals surface area contributed by atoms with E-state index in [0.717, 1.165) is 27.9 Å². The molecule has 3 aromatic carbocycles. The number of aliphatic imine (C=N–C) groups is 1. The second-order valence-corrected chi connectivity index (χ2v) is 7.42. The van der Waals surface area contributed by atoms with Crippen molar-refractivity contribution in [3.8, 4) is 11.5 Å². The number of nitrogens with zero attached hydrogens (tertiary/aromatic N) is 2. The second kappa shape index (κ2) is 8.48. The number of ether oxygens (including phenoxy) is 2. The number of carbonyl (C=O) groups is 1. The fraction of sp³-hybridized carbons (Fsp3) is 0.154. The van der Waals surface area contributed by atoms with Gasteiger partial charge in [-0.15, -0.1) is 0 Å². The lowest BCUT2D eigenvalue weighted by Gasteiger charge is -2.19. The van der Waals surface area contributed by atoms with Gasteiger partial charge in [0.05, 0.1) is 19.9 Å². The molecule has 0 atom stereocenters. The average Bonchev–Trinajstić information content (AvgIpc) is 3.10. The first-order chi connectivity index (χ1) is 15.0. The topological polar surface area (TPSA) is 51.1 Å². The molecule has 1 aliphatic heterocycles. The lowest BCUT2D eigenvalue weighted by molar-refractivity contribution is -0.113. The lowest BCUT2D eigenvalue weighted by atomic mass is 10.1. The van der Waals surface area contributed by atoms with Crippen molar-refractivity contribution in [1.29, 1.82) is 0 Å². The van der Waals surface area contributed by atoms with E-state index in [1.54, 1.807) is 31.3 Å². The molecule has 1 amide bonds. The predicted octanol–water partition coefficient (Wildman–Crippen LogP) is 5.16. The Morgan fingerprint density at radius 2 is 1.61 bits per heavy atom.